The van der Waals surface area contributed by atoms with Gasteiger partial charge in [-0.2, -0.15) is 13.2 Å². The molecule has 3 aliphatic rings. The van der Waals surface area contributed by atoms with Gasteiger partial charge in [0.1, 0.15) is 11.5 Å². The standard InChI is InChI=1S/C29H31F3N2O4/c1-36-24-12-11-19(16-25(24)37-22-7-5-6-8-22)21-15-20(27(35)33-18-21)17-28(38-23-9-3-2-4-10-23)14-13-26(34-28)29(30,31)32/h2-4,9-14,16,20-22H,5-8,15,17-18H2,1H3,(H,33,35)/t20-,21+,28?/m0/s1. The van der Waals surface area contributed by atoms with Crippen molar-refractivity contribution < 1.29 is 32.2 Å². The average Bonchev–Trinajstić information content (AvgIpc) is 3.56. The number of rotatable bonds is 8. The van der Waals surface area contributed by atoms with E-state index >= 15 is 0 Å². The van der Waals surface area contributed by atoms with Crippen LogP contribution in [0.2, 0.25) is 0 Å². The molecule has 5 rings (SSSR count). The van der Waals surface area contributed by atoms with Crippen LogP contribution in [0.25, 0.3) is 0 Å². The third kappa shape index (κ3) is 5.81. The molecule has 1 saturated heterocycles. The zero-order valence-corrected chi connectivity index (χ0v) is 21.2. The number of allylic oxidation sites excluding steroid dienone is 1. The maximum atomic E-state index is 13.5. The van der Waals surface area contributed by atoms with Crippen LogP contribution in [-0.2, 0) is 4.79 Å². The zero-order valence-electron chi connectivity index (χ0n) is 21.2. The van der Waals surface area contributed by atoms with E-state index in [4.69, 9.17) is 14.2 Å². The lowest BCUT2D eigenvalue weighted by Crippen LogP contribution is -2.45. The van der Waals surface area contributed by atoms with E-state index in [-0.39, 0.29) is 24.3 Å². The van der Waals surface area contributed by atoms with Crippen molar-refractivity contribution in [3.05, 3.63) is 66.2 Å². The van der Waals surface area contributed by atoms with E-state index in [1.807, 2.05) is 18.2 Å². The predicted octanol–water partition coefficient (Wildman–Crippen LogP) is 5.97. The summed E-state index contributed by atoms with van der Waals surface area (Å²) in [7, 11) is 1.60. The fourth-order valence-electron chi connectivity index (χ4n) is 5.46. The van der Waals surface area contributed by atoms with Crippen molar-refractivity contribution in [3.63, 3.8) is 0 Å². The number of halogens is 3. The number of para-hydroxylation sites is 1. The van der Waals surface area contributed by atoms with E-state index in [1.165, 1.54) is 6.08 Å². The minimum atomic E-state index is -4.62. The maximum absolute atomic E-state index is 13.5. The Bertz CT molecular complexity index is 1210. The molecule has 2 fully saturated rings. The van der Waals surface area contributed by atoms with Crippen molar-refractivity contribution in [2.24, 2.45) is 10.9 Å². The molecule has 0 radical (unpaired) electrons. The molecule has 2 aromatic rings. The Kier molecular flexibility index (Phi) is 7.36. The van der Waals surface area contributed by atoms with Gasteiger partial charge in [-0.3, -0.25) is 4.79 Å². The molecule has 9 heteroatoms. The van der Waals surface area contributed by atoms with Crippen molar-refractivity contribution in [1.82, 2.24) is 5.32 Å². The number of hydrogen-bond donors (Lipinski definition) is 1. The van der Waals surface area contributed by atoms with Crippen LogP contribution in [0.1, 0.15) is 50.0 Å². The summed E-state index contributed by atoms with van der Waals surface area (Å²) in [5.41, 5.74) is -1.68. The summed E-state index contributed by atoms with van der Waals surface area (Å²) < 4.78 is 58.2. The number of piperidine rings is 1. The molecule has 2 aliphatic heterocycles. The van der Waals surface area contributed by atoms with Crippen LogP contribution < -0.4 is 19.5 Å². The molecule has 1 amide bonds. The second kappa shape index (κ2) is 10.7. The highest BCUT2D eigenvalue weighted by atomic mass is 19.4. The minimum absolute atomic E-state index is 0.0259. The van der Waals surface area contributed by atoms with Gasteiger partial charge in [-0.1, -0.05) is 24.3 Å². The van der Waals surface area contributed by atoms with E-state index in [1.54, 1.807) is 37.4 Å². The van der Waals surface area contributed by atoms with Crippen LogP contribution in [0.4, 0.5) is 13.2 Å². The number of hydrogen-bond acceptors (Lipinski definition) is 5. The molecule has 1 N–H and O–H groups in total. The maximum Gasteiger partial charge on any atom is 0.433 e. The van der Waals surface area contributed by atoms with Crippen molar-refractivity contribution in [2.45, 2.75) is 62.4 Å². The molecule has 0 bridgehead atoms. The number of carbonyl (C=O) groups is 1. The minimum Gasteiger partial charge on any atom is -0.493 e. The van der Waals surface area contributed by atoms with Crippen LogP contribution in [0.15, 0.2) is 65.7 Å². The topological polar surface area (TPSA) is 69.2 Å². The number of benzene rings is 2. The van der Waals surface area contributed by atoms with E-state index in [0.717, 1.165) is 37.3 Å². The van der Waals surface area contributed by atoms with Crippen LogP contribution in [-0.4, -0.2) is 43.3 Å². The molecular weight excluding hydrogens is 497 g/mol. The summed E-state index contributed by atoms with van der Waals surface area (Å²) in [6.45, 7) is 0.421. The molecule has 2 heterocycles. The number of nitrogens with zero attached hydrogens (tertiary/aromatic N) is 1. The summed E-state index contributed by atoms with van der Waals surface area (Å²) in [6, 6.07) is 14.3. The third-order valence-corrected chi connectivity index (χ3v) is 7.40. The van der Waals surface area contributed by atoms with Crippen molar-refractivity contribution in [3.8, 4) is 17.2 Å². The van der Waals surface area contributed by atoms with Gasteiger partial charge in [0.05, 0.1) is 13.2 Å². The molecule has 1 unspecified atom stereocenters. The van der Waals surface area contributed by atoms with Gasteiger partial charge >= 0.3 is 6.18 Å². The molecular formula is C29H31F3N2O4. The highest BCUT2D eigenvalue weighted by molar-refractivity contribution is 6.01. The number of carbonyl (C=O) groups excluding carboxylic acids is 1. The van der Waals surface area contributed by atoms with Crippen LogP contribution >= 0.6 is 0 Å². The van der Waals surface area contributed by atoms with E-state index < -0.39 is 23.5 Å². The van der Waals surface area contributed by atoms with Gasteiger partial charge in [0.2, 0.25) is 11.6 Å². The summed E-state index contributed by atoms with van der Waals surface area (Å²) in [4.78, 5) is 16.9. The van der Waals surface area contributed by atoms with E-state index in [9.17, 15) is 18.0 Å². The molecule has 1 saturated carbocycles. The Hall–Kier alpha value is -3.49. The first kappa shape index (κ1) is 26.1. The summed E-state index contributed by atoms with van der Waals surface area (Å²) in [5, 5.41) is 2.94. The molecule has 0 aromatic heterocycles. The second-order valence-electron chi connectivity index (χ2n) is 10.1. The molecule has 2 aromatic carbocycles. The van der Waals surface area contributed by atoms with Gasteiger partial charge in [0.15, 0.2) is 11.5 Å². The Balaban J connectivity index is 1.38. The Morgan fingerprint density at radius 1 is 1.08 bits per heavy atom. The molecule has 38 heavy (non-hydrogen) atoms. The number of alkyl halides is 3. The lowest BCUT2D eigenvalue weighted by atomic mass is 9.81. The lowest BCUT2D eigenvalue weighted by molar-refractivity contribution is -0.128. The van der Waals surface area contributed by atoms with Gasteiger partial charge in [0.25, 0.3) is 0 Å². The van der Waals surface area contributed by atoms with Gasteiger partial charge < -0.3 is 19.5 Å². The number of amides is 1. The number of aliphatic imine (C=N–C) groups is 1. The van der Waals surface area contributed by atoms with Crippen LogP contribution in [0, 0.1) is 5.92 Å². The summed E-state index contributed by atoms with van der Waals surface area (Å²) in [6.07, 6.45) is 2.48. The summed E-state index contributed by atoms with van der Waals surface area (Å²) in [5.74, 6) is 0.808. The van der Waals surface area contributed by atoms with E-state index in [2.05, 4.69) is 10.3 Å². The normalized spacial score (nSPS) is 25.7. The van der Waals surface area contributed by atoms with Gasteiger partial charge in [0, 0.05) is 24.8 Å². The van der Waals surface area contributed by atoms with Crippen molar-refractivity contribution in [2.75, 3.05) is 13.7 Å². The zero-order chi connectivity index (χ0) is 26.8. The molecule has 202 valence electrons. The largest absolute Gasteiger partial charge is 0.493 e. The number of nitrogens with one attached hydrogen (secondary N) is 1. The summed E-state index contributed by atoms with van der Waals surface area (Å²) >= 11 is 0. The number of methoxy groups -OCH3 is 1. The fourth-order valence-corrected chi connectivity index (χ4v) is 5.46. The monoisotopic (exact) mass is 528 g/mol. The first-order chi connectivity index (χ1) is 18.2. The molecule has 3 atom stereocenters. The predicted molar refractivity (Wildman–Crippen MR) is 137 cm³/mol. The highest BCUT2D eigenvalue weighted by Gasteiger charge is 2.46. The Labute approximate surface area is 219 Å². The van der Waals surface area contributed by atoms with E-state index in [0.29, 0.717) is 30.2 Å². The SMILES string of the molecule is COc1ccc([C@H]2CNC(=O)[C@H](CC3(Oc4ccccc4)C=CC(C(F)(F)F)=N3)C2)cc1OC1CCCC1. The molecule has 0 spiro atoms. The Morgan fingerprint density at radius 3 is 2.53 bits per heavy atom. The van der Waals surface area contributed by atoms with Crippen LogP contribution in [0.3, 0.4) is 0 Å². The average molecular weight is 529 g/mol. The van der Waals surface area contributed by atoms with Crippen LogP contribution in [0.5, 0.6) is 17.2 Å². The van der Waals surface area contributed by atoms with Gasteiger partial charge in [-0.25, -0.2) is 4.99 Å². The van der Waals surface area contributed by atoms with Gasteiger partial charge in [-0.05, 0) is 74.1 Å². The fraction of sp³-hybridized carbons (Fsp3) is 0.448. The lowest BCUT2D eigenvalue weighted by Gasteiger charge is -2.34. The third-order valence-electron chi connectivity index (χ3n) is 7.40. The highest BCUT2D eigenvalue weighted by Crippen LogP contribution is 2.40. The first-order valence-electron chi connectivity index (χ1n) is 13.0. The molecule has 6 nitrogen and oxygen atoms in total. The van der Waals surface area contributed by atoms with Crippen molar-refractivity contribution >= 4 is 11.6 Å². The smallest absolute Gasteiger partial charge is 0.433 e. The quantitative estimate of drug-likeness (QED) is 0.458. The van der Waals surface area contributed by atoms with Crippen molar-refractivity contribution in [1.29, 1.82) is 0 Å². The Morgan fingerprint density at radius 2 is 1.84 bits per heavy atom. The molecule has 1 aliphatic carbocycles. The first-order valence-corrected chi connectivity index (χ1v) is 13.0. The number of ether oxygens (including phenoxy) is 3. The second-order valence-corrected chi connectivity index (χ2v) is 10.1. The van der Waals surface area contributed by atoms with Gasteiger partial charge in [-0.15, -0.1) is 0 Å².